The summed E-state index contributed by atoms with van der Waals surface area (Å²) in [6.07, 6.45) is 2.53. The van der Waals surface area contributed by atoms with Crippen LogP contribution >= 0.6 is 12.4 Å². The number of rotatable bonds is 3. The standard InChI is InChI=1S/C13H17NO2.ClH/c1-16-13(15)12-7-3-2-6-11(12)10-14-8-4-5-9-14;/h2-3,6-7H,4-5,8-10H2,1H3;1H. The van der Waals surface area contributed by atoms with E-state index in [1.165, 1.54) is 20.0 Å². The maximum Gasteiger partial charge on any atom is 0.338 e. The minimum absolute atomic E-state index is 0. The molecule has 0 aromatic heterocycles. The number of hydrogen-bond acceptors (Lipinski definition) is 3. The smallest absolute Gasteiger partial charge is 0.338 e. The van der Waals surface area contributed by atoms with Gasteiger partial charge in [-0.2, -0.15) is 0 Å². The SMILES string of the molecule is COC(=O)c1ccccc1CN1CCCC1.Cl. The molecule has 1 aliphatic rings. The van der Waals surface area contributed by atoms with Gasteiger partial charge in [-0.3, -0.25) is 4.90 Å². The minimum atomic E-state index is -0.241. The van der Waals surface area contributed by atoms with Crippen LogP contribution in [-0.2, 0) is 11.3 Å². The van der Waals surface area contributed by atoms with Crippen LogP contribution in [0, 0.1) is 0 Å². The third-order valence-corrected chi connectivity index (χ3v) is 3.02. The molecule has 2 rings (SSSR count). The van der Waals surface area contributed by atoms with E-state index >= 15 is 0 Å². The van der Waals surface area contributed by atoms with Gasteiger partial charge in [-0.1, -0.05) is 18.2 Å². The predicted molar refractivity (Wildman–Crippen MR) is 69.5 cm³/mol. The van der Waals surface area contributed by atoms with Gasteiger partial charge in [-0.25, -0.2) is 4.79 Å². The van der Waals surface area contributed by atoms with E-state index in [2.05, 4.69) is 4.90 Å². The molecule has 1 aliphatic heterocycles. The molecule has 1 saturated heterocycles. The zero-order valence-electron chi connectivity index (χ0n) is 10.0. The monoisotopic (exact) mass is 255 g/mol. The van der Waals surface area contributed by atoms with Crippen molar-refractivity contribution in [3.63, 3.8) is 0 Å². The Balaban J connectivity index is 0.00000144. The number of likely N-dealkylation sites (tertiary alicyclic amines) is 1. The van der Waals surface area contributed by atoms with E-state index in [4.69, 9.17) is 4.74 Å². The first-order valence-corrected chi connectivity index (χ1v) is 5.70. The van der Waals surface area contributed by atoms with Crippen LogP contribution in [0.4, 0.5) is 0 Å². The maximum absolute atomic E-state index is 11.6. The van der Waals surface area contributed by atoms with Crippen molar-refractivity contribution in [2.75, 3.05) is 20.2 Å². The normalized spacial score (nSPS) is 15.4. The van der Waals surface area contributed by atoms with Gasteiger partial charge in [0.25, 0.3) is 0 Å². The van der Waals surface area contributed by atoms with Gasteiger partial charge in [0.2, 0.25) is 0 Å². The number of hydrogen-bond donors (Lipinski definition) is 0. The molecule has 1 aromatic carbocycles. The number of ether oxygens (including phenoxy) is 1. The molecule has 0 spiro atoms. The fraction of sp³-hybridized carbons (Fsp3) is 0.462. The number of nitrogens with zero attached hydrogens (tertiary/aromatic N) is 1. The van der Waals surface area contributed by atoms with Gasteiger partial charge < -0.3 is 4.74 Å². The molecule has 0 saturated carbocycles. The van der Waals surface area contributed by atoms with Crippen molar-refractivity contribution in [1.82, 2.24) is 4.90 Å². The van der Waals surface area contributed by atoms with Gasteiger partial charge >= 0.3 is 5.97 Å². The zero-order valence-corrected chi connectivity index (χ0v) is 10.8. The van der Waals surface area contributed by atoms with Gasteiger partial charge in [-0.05, 0) is 37.6 Å². The average Bonchev–Trinajstić information content (AvgIpc) is 2.82. The lowest BCUT2D eigenvalue weighted by Gasteiger charge is -2.16. The number of esters is 1. The largest absolute Gasteiger partial charge is 0.465 e. The summed E-state index contributed by atoms with van der Waals surface area (Å²) in [4.78, 5) is 13.9. The summed E-state index contributed by atoms with van der Waals surface area (Å²) >= 11 is 0. The van der Waals surface area contributed by atoms with E-state index in [0.717, 1.165) is 25.2 Å². The second kappa shape index (κ2) is 6.62. The average molecular weight is 256 g/mol. The fourth-order valence-electron chi connectivity index (χ4n) is 2.15. The second-order valence-corrected chi connectivity index (χ2v) is 4.13. The Bertz CT molecular complexity index is 375. The summed E-state index contributed by atoms with van der Waals surface area (Å²) in [5, 5.41) is 0. The zero-order chi connectivity index (χ0) is 11.4. The minimum Gasteiger partial charge on any atom is -0.465 e. The van der Waals surface area contributed by atoms with E-state index in [-0.39, 0.29) is 18.4 Å². The summed E-state index contributed by atoms with van der Waals surface area (Å²) in [6, 6.07) is 7.68. The second-order valence-electron chi connectivity index (χ2n) is 4.13. The Kier molecular flexibility index (Phi) is 5.45. The molecule has 0 radical (unpaired) electrons. The van der Waals surface area contributed by atoms with E-state index < -0.39 is 0 Å². The first-order valence-electron chi connectivity index (χ1n) is 5.70. The van der Waals surface area contributed by atoms with Crippen LogP contribution < -0.4 is 0 Å². The molecule has 1 heterocycles. The van der Waals surface area contributed by atoms with Gasteiger partial charge in [0.15, 0.2) is 0 Å². The van der Waals surface area contributed by atoms with Crippen LogP contribution in [0.25, 0.3) is 0 Å². The van der Waals surface area contributed by atoms with Crippen LogP contribution in [0.1, 0.15) is 28.8 Å². The van der Waals surface area contributed by atoms with E-state index in [0.29, 0.717) is 5.56 Å². The molecule has 17 heavy (non-hydrogen) atoms. The third-order valence-electron chi connectivity index (χ3n) is 3.02. The highest BCUT2D eigenvalue weighted by molar-refractivity contribution is 5.90. The molecular formula is C13H18ClNO2. The molecule has 0 N–H and O–H groups in total. The number of carbonyl (C=O) groups excluding carboxylic acids is 1. The fourth-order valence-corrected chi connectivity index (χ4v) is 2.15. The van der Waals surface area contributed by atoms with Crippen molar-refractivity contribution >= 4 is 18.4 Å². The molecule has 0 atom stereocenters. The Morgan fingerprint density at radius 3 is 2.59 bits per heavy atom. The lowest BCUT2D eigenvalue weighted by molar-refractivity contribution is 0.0598. The first-order chi connectivity index (χ1) is 7.81. The molecule has 0 unspecified atom stereocenters. The Morgan fingerprint density at radius 2 is 1.94 bits per heavy atom. The van der Waals surface area contributed by atoms with E-state index in [1.807, 2.05) is 24.3 Å². The number of benzene rings is 1. The maximum atomic E-state index is 11.6. The number of methoxy groups -OCH3 is 1. The highest BCUT2D eigenvalue weighted by Crippen LogP contribution is 2.16. The van der Waals surface area contributed by atoms with Gasteiger partial charge in [0.1, 0.15) is 0 Å². The van der Waals surface area contributed by atoms with Crippen LogP contribution in [0.2, 0.25) is 0 Å². The van der Waals surface area contributed by atoms with Crippen LogP contribution in [0.3, 0.4) is 0 Å². The van der Waals surface area contributed by atoms with E-state index in [1.54, 1.807) is 0 Å². The van der Waals surface area contributed by atoms with Crippen LogP contribution in [0.15, 0.2) is 24.3 Å². The molecule has 0 bridgehead atoms. The topological polar surface area (TPSA) is 29.5 Å². The molecule has 1 fully saturated rings. The van der Waals surface area contributed by atoms with Gasteiger partial charge in [0.05, 0.1) is 12.7 Å². The molecule has 94 valence electrons. The molecule has 0 amide bonds. The summed E-state index contributed by atoms with van der Waals surface area (Å²) < 4.78 is 4.78. The summed E-state index contributed by atoms with van der Waals surface area (Å²) in [7, 11) is 1.43. The predicted octanol–water partition coefficient (Wildman–Crippen LogP) is 2.49. The third kappa shape index (κ3) is 3.45. The van der Waals surface area contributed by atoms with Crippen LogP contribution in [0.5, 0.6) is 0 Å². The van der Waals surface area contributed by atoms with Crippen molar-refractivity contribution < 1.29 is 9.53 Å². The van der Waals surface area contributed by atoms with Crippen molar-refractivity contribution in [3.05, 3.63) is 35.4 Å². The first kappa shape index (κ1) is 14.0. The summed E-state index contributed by atoms with van der Waals surface area (Å²) in [5.74, 6) is -0.241. The van der Waals surface area contributed by atoms with Crippen molar-refractivity contribution in [1.29, 1.82) is 0 Å². The van der Waals surface area contributed by atoms with Gasteiger partial charge in [-0.15, -0.1) is 12.4 Å². The Hall–Kier alpha value is -1.06. The number of carbonyl (C=O) groups is 1. The van der Waals surface area contributed by atoms with Crippen LogP contribution in [-0.4, -0.2) is 31.1 Å². The lowest BCUT2D eigenvalue weighted by Crippen LogP contribution is -2.20. The Labute approximate surface area is 108 Å². The Morgan fingerprint density at radius 1 is 1.29 bits per heavy atom. The van der Waals surface area contributed by atoms with Crippen molar-refractivity contribution in [3.8, 4) is 0 Å². The van der Waals surface area contributed by atoms with Crippen molar-refractivity contribution in [2.24, 2.45) is 0 Å². The number of halogens is 1. The highest BCUT2D eigenvalue weighted by Gasteiger charge is 2.16. The quantitative estimate of drug-likeness (QED) is 0.778. The summed E-state index contributed by atoms with van der Waals surface area (Å²) in [6.45, 7) is 3.12. The van der Waals surface area contributed by atoms with E-state index in [9.17, 15) is 4.79 Å². The summed E-state index contributed by atoms with van der Waals surface area (Å²) in [5.41, 5.74) is 1.76. The highest BCUT2D eigenvalue weighted by atomic mass is 35.5. The molecule has 4 heteroatoms. The lowest BCUT2D eigenvalue weighted by atomic mass is 10.1. The van der Waals surface area contributed by atoms with Gasteiger partial charge in [0, 0.05) is 6.54 Å². The molecule has 1 aromatic rings. The molecule has 3 nitrogen and oxygen atoms in total. The molecular weight excluding hydrogens is 238 g/mol. The molecule has 0 aliphatic carbocycles. The van der Waals surface area contributed by atoms with Crippen molar-refractivity contribution in [2.45, 2.75) is 19.4 Å².